The van der Waals surface area contributed by atoms with Gasteiger partial charge in [-0.25, -0.2) is 4.98 Å². The number of aromatic nitrogens is 3. The van der Waals surface area contributed by atoms with E-state index in [-0.39, 0.29) is 6.04 Å². The van der Waals surface area contributed by atoms with Gasteiger partial charge in [-0.15, -0.1) is 0 Å². The molecular formula is C13H18N4. The van der Waals surface area contributed by atoms with Gasteiger partial charge in [0.05, 0.1) is 6.04 Å². The number of rotatable bonds is 3. The van der Waals surface area contributed by atoms with E-state index in [2.05, 4.69) is 23.9 Å². The van der Waals surface area contributed by atoms with Crippen molar-refractivity contribution < 1.29 is 0 Å². The van der Waals surface area contributed by atoms with Gasteiger partial charge in [0.25, 0.3) is 0 Å². The SMILES string of the molecule is CC(C)C(N)c1nc(-c2ccccc2)nn1C. The minimum absolute atomic E-state index is 0.0787. The molecule has 4 heteroatoms. The fourth-order valence-electron chi connectivity index (χ4n) is 1.69. The lowest BCUT2D eigenvalue weighted by Gasteiger charge is -2.13. The molecule has 2 aromatic rings. The van der Waals surface area contributed by atoms with E-state index in [1.807, 2.05) is 37.4 Å². The summed E-state index contributed by atoms with van der Waals surface area (Å²) in [7, 11) is 1.89. The van der Waals surface area contributed by atoms with Crippen LogP contribution in [-0.2, 0) is 7.05 Å². The molecule has 90 valence electrons. The van der Waals surface area contributed by atoms with Crippen molar-refractivity contribution in [2.24, 2.45) is 18.7 Å². The van der Waals surface area contributed by atoms with Crippen LogP contribution in [0, 0.1) is 5.92 Å². The van der Waals surface area contributed by atoms with Gasteiger partial charge in [0.15, 0.2) is 5.82 Å². The van der Waals surface area contributed by atoms with Crippen molar-refractivity contribution in [2.75, 3.05) is 0 Å². The first-order chi connectivity index (χ1) is 8.09. The number of nitrogens with two attached hydrogens (primary N) is 1. The predicted octanol–water partition coefficient (Wildman–Crippen LogP) is 2.14. The number of hydrogen-bond acceptors (Lipinski definition) is 3. The summed E-state index contributed by atoms with van der Waals surface area (Å²) in [5.41, 5.74) is 7.13. The molecule has 1 atom stereocenters. The van der Waals surface area contributed by atoms with Crippen molar-refractivity contribution in [1.82, 2.24) is 14.8 Å². The highest BCUT2D eigenvalue weighted by Gasteiger charge is 2.18. The van der Waals surface area contributed by atoms with E-state index < -0.39 is 0 Å². The summed E-state index contributed by atoms with van der Waals surface area (Å²) in [6, 6.07) is 9.86. The minimum atomic E-state index is -0.0787. The first-order valence-corrected chi connectivity index (χ1v) is 5.81. The van der Waals surface area contributed by atoms with Gasteiger partial charge >= 0.3 is 0 Å². The topological polar surface area (TPSA) is 56.7 Å². The van der Waals surface area contributed by atoms with Crippen molar-refractivity contribution >= 4 is 0 Å². The maximum Gasteiger partial charge on any atom is 0.181 e. The van der Waals surface area contributed by atoms with E-state index in [0.717, 1.165) is 17.2 Å². The monoisotopic (exact) mass is 230 g/mol. The van der Waals surface area contributed by atoms with Crippen molar-refractivity contribution in [2.45, 2.75) is 19.9 Å². The quantitative estimate of drug-likeness (QED) is 0.878. The average Bonchev–Trinajstić information content (AvgIpc) is 2.71. The molecule has 0 aliphatic rings. The highest BCUT2D eigenvalue weighted by atomic mass is 15.3. The van der Waals surface area contributed by atoms with Crippen molar-refractivity contribution in [3.05, 3.63) is 36.2 Å². The van der Waals surface area contributed by atoms with Crippen molar-refractivity contribution in [1.29, 1.82) is 0 Å². The van der Waals surface area contributed by atoms with Crippen LogP contribution in [0.15, 0.2) is 30.3 Å². The van der Waals surface area contributed by atoms with Gasteiger partial charge in [-0.1, -0.05) is 44.2 Å². The van der Waals surface area contributed by atoms with E-state index in [9.17, 15) is 0 Å². The van der Waals surface area contributed by atoms with E-state index in [1.54, 1.807) is 4.68 Å². The molecule has 1 unspecified atom stereocenters. The Bertz CT molecular complexity index is 487. The molecule has 0 fully saturated rings. The second-order valence-electron chi connectivity index (χ2n) is 4.55. The first kappa shape index (κ1) is 11.8. The molecule has 2 N–H and O–H groups in total. The highest BCUT2D eigenvalue weighted by Crippen LogP contribution is 2.20. The largest absolute Gasteiger partial charge is 0.321 e. The van der Waals surface area contributed by atoms with Gasteiger partial charge in [-0.3, -0.25) is 4.68 Å². The van der Waals surface area contributed by atoms with E-state index >= 15 is 0 Å². The molecule has 0 amide bonds. The van der Waals surface area contributed by atoms with Crippen LogP contribution < -0.4 is 5.73 Å². The van der Waals surface area contributed by atoms with Gasteiger partial charge in [0.1, 0.15) is 5.82 Å². The van der Waals surface area contributed by atoms with Crippen LogP contribution in [0.3, 0.4) is 0 Å². The summed E-state index contributed by atoms with van der Waals surface area (Å²) in [4.78, 5) is 4.53. The number of hydrogen-bond donors (Lipinski definition) is 1. The molecule has 0 radical (unpaired) electrons. The van der Waals surface area contributed by atoms with Crippen LogP contribution in [-0.4, -0.2) is 14.8 Å². The molecule has 4 nitrogen and oxygen atoms in total. The zero-order valence-corrected chi connectivity index (χ0v) is 10.5. The molecule has 0 saturated carbocycles. The number of benzene rings is 1. The van der Waals surface area contributed by atoms with Gasteiger partial charge in [-0.05, 0) is 5.92 Å². The second-order valence-corrected chi connectivity index (χ2v) is 4.55. The maximum atomic E-state index is 6.11. The molecule has 1 heterocycles. The lowest BCUT2D eigenvalue weighted by Crippen LogP contribution is -2.20. The van der Waals surface area contributed by atoms with Crippen LogP contribution >= 0.6 is 0 Å². The van der Waals surface area contributed by atoms with Crippen LogP contribution in [0.25, 0.3) is 11.4 Å². The number of aryl methyl sites for hydroxylation is 1. The summed E-state index contributed by atoms with van der Waals surface area (Å²) in [6.07, 6.45) is 0. The fraction of sp³-hybridized carbons (Fsp3) is 0.385. The van der Waals surface area contributed by atoms with Crippen molar-refractivity contribution in [3.63, 3.8) is 0 Å². The minimum Gasteiger partial charge on any atom is -0.321 e. The van der Waals surface area contributed by atoms with Crippen LogP contribution in [0.2, 0.25) is 0 Å². The molecule has 17 heavy (non-hydrogen) atoms. The first-order valence-electron chi connectivity index (χ1n) is 5.81. The lowest BCUT2D eigenvalue weighted by atomic mass is 10.1. The third-order valence-corrected chi connectivity index (χ3v) is 2.85. The second kappa shape index (κ2) is 4.67. The Morgan fingerprint density at radius 1 is 1.18 bits per heavy atom. The van der Waals surface area contributed by atoms with E-state index in [4.69, 9.17) is 5.73 Å². The lowest BCUT2D eigenvalue weighted by molar-refractivity contribution is 0.469. The zero-order chi connectivity index (χ0) is 12.4. The molecular weight excluding hydrogens is 212 g/mol. The Balaban J connectivity index is 2.37. The van der Waals surface area contributed by atoms with Gasteiger partial charge < -0.3 is 5.73 Å². The van der Waals surface area contributed by atoms with Crippen LogP contribution in [0.4, 0.5) is 0 Å². The normalized spacial score (nSPS) is 13.0. The Kier molecular flexibility index (Phi) is 3.24. The Labute approximate surface area is 101 Å². The molecule has 1 aromatic carbocycles. The van der Waals surface area contributed by atoms with Crippen molar-refractivity contribution in [3.8, 4) is 11.4 Å². The Hall–Kier alpha value is -1.68. The number of nitrogens with zero attached hydrogens (tertiary/aromatic N) is 3. The smallest absolute Gasteiger partial charge is 0.181 e. The third-order valence-electron chi connectivity index (χ3n) is 2.85. The fourth-order valence-corrected chi connectivity index (χ4v) is 1.69. The molecule has 0 bridgehead atoms. The van der Waals surface area contributed by atoms with Gasteiger partial charge in [0.2, 0.25) is 0 Å². The molecule has 0 spiro atoms. The highest BCUT2D eigenvalue weighted by molar-refractivity contribution is 5.54. The summed E-state index contributed by atoms with van der Waals surface area (Å²) < 4.78 is 1.77. The third kappa shape index (κ3) is 2.36. The standard InChI is InChI=1S/C13H18N4/c1-9(2)11(14)13-15-12(16-17(13)3)10-7-5-4-6-8-10/h4-9,11H,14H2,1-3H3. The molecule has 0 aliphatic heterocycles. The average molecular weight is 230 g/mol. The Morgan fingerprint density at radius 2 is 1.82 bits per heavy atom. The zero-order valence-electron chi connectivity index (χ0n) is 10.5. The van der Waals surface area contributed by atoms with Gasteiger partial charge in [0, 0.05) is 12.6 Å². The van der Waals surface area contributed by atoms with E-state index in [0.29, 0.717) is 5.92 Å². The maximum absolute atomic E-state index is 6.11. The predicted molar refractivity (Wildman–Crippen MR) is 68.2 cm³/mol. The summed E-state index contributed by atoms with van der Waals surface area (Å²) in [5.74, 6) is 1.92. The molecule has 2 rings (SSSR count). The molecule has 1 aromatic heterocycles. The summed E-state index contributed by atoms with van der Waals surface area (Å²) in [6.45, 7) is 4.17. The molecule has 0 aliphatic carbocycles. The van der Waals surface area contributed by atoms with Gasteiger partial charge in [-0.2, -0.15) is 5.10 Å². The van der Waals surface area contributed by atoms with E-state index in [1.165, 1.54) is 0 Å². The van der Waals surface area contributed by atoms with Crippen LogP contribution in [0.1, 0.15) is 25.7 Å². The van der Waals surface area contributed by atoms with Crippen LogP contribution in [0.5, 0.6) is 0 Å². The summed E-state index contributed by atoms with van der Waals surface area (Å²) in [5, 5.41) is 4.41. The molecule has 0 saturated heterocycles. The summed E-state index contributed by atoms with van der Waals surface area (Å²) >= 11 is 0. The Morgan fingerprint density at radius 3 is 2.41 bits per heavy atom.